The predicted octanol–water partition coefficient (Wildman–Crippen LogP) is -1.52. The molecule has 0 aliphatic rings. The Hall–Kier alpha value is -0.838. The molecule has 0 amide bonds. The van der Waals surface area contributed by atoms with E-state index in [0.29, 0.717) is 0 Å². The van der Waals surface area contributed by atoms with E-state index in [2.05, 4.69) is 0 Å². The van der Waals surface area contributed by atoms with Gasteiger partial charge in [-0.15, -0.1) is 5.46 Å². The van der Waals surface area contributed by atoms with Crippen molar-refractivity contribution >= 4 is 12.2 Å². The maximum Gasteiger partial charge on any atom is 1.00 e. The molecule has 62 valence electrons. The normalized spacial score (nSPS) is 10.0. The first-order valence-corrected chi connectivity index (χ1v) is 3.25. The summed E-state index contributed by atoms with van der Waals surface area (Å²) < 4.78 is 37.4. The van der Waals surface area contributed by atoms with Crippen LogP contribution < -0.4 is 24.3 Å². The van der Waals surface area contributed by atoms with Crippen LogP contribution in [0.4, 0.5) is 13.0 Å². The van der Waals surface area contributed by atoms with Gasteiger partial charge in [0.2, 0.25) is 0 Å². The van der Waals surface area contributed by atoms with Crippen LogP contribution in [0.25, 0.3) is 0 Å². The van der Waals surface area contributed by atoms with E-state index < -0.39 is 18.0 Å². The van der Waals surface area contributed by atoms with Gasteiger partial charge in [0.25, 0.3) is 0 Å². The number of hydrogen-bond acceptors (Lipinski definition) is 1. The Morgan fingerprint density at radius 1 is 1.15 bits per heavy atom. The SMILES string of the molecule is N#C[B-](F)(F)c1ccc(F)cc1.[Li+]. The Morgan fingerprint density at radius 3 is 2.00 bits per heavy atom. The van der Waals surface area contributed by atoms with Crippen LogP contribution in [-0.4, -0.2) is 6.70 Å². The molecule has 0 radical (unpaired) electrons. The summed E-state index contributed by atoms with van der Waals surface area (Å²) in [6.45, 7) is -4.17. The molecule has 0 fully saturated rings. The Bertz CT molecular complexity index is 320. The maximum absolute atomic E-state index is 12.6. The second kappa shape index (κ2) is 4.41. The van der Waals surface area contributed by atoms with E-state index in [1.54, 1.807) is 0 Å². The molecule has 1 aromatic carbocycles. The van der Waals surface area contributed by atoms with Crippen molar-refractivity contribution in [3.05, 3.63) is 30.1 Å². The smallest absolute Gasteiger partial charge is 0.461 e. The minimum atomic E-state index is -4.17. The van der Waals surface area contributed by atoms with Gasteiger partial charge in [0, 0.05) is 0 Å². The van der Waals surface area contributed by atoms with Gasteiger partial charge in [0.1, 0.15) is 5.82 Å². The van der Waals surface area contributed by atoms with Crippen molar-refractivity contribution < 1.29 is 31.9 Å². The number of rotatable bonds is 1. The average Bonchev–Trinajstić information content (AvgIpc) is 2.05. The molecule has 1 aromatic rings. The third kappa shape index (κ3) is 2.84. The van der Waals surface area contributed by atoms with Crippen molar-refractivity contribution in [2.24, 2.45) is 0 Å². The zero-order chi connectivity index (χ0) is 9.19. The third-order valence-corrected chi connectivity index (χ3v) is 1.45. The summed E-state index contributed by atoms with van der Waals surface area (Å²) >= 11 is 0. The zero-order valence-electron chi connectivity index (χ0n) is 6.97. The predicted molar refractivity (Wildman–Crippen MR) is 39.6 cm³/mol. The molecule has 0 spiro atoms. The van der Waals surface area contributed by atoms with Gasteiger partial charge in [-0.25, -0.2) is 9.65 Å². The number of nitrogens with zero attached hydrogens (tertiary/aromatic N) is 1. The van der Waals surface area contributed by atoms with E-state index in [1.807, 2.05) is 0 Å². The van der Waals surface area contributed by atoms with E-state index in [4.69, 9.17) is 5.26 Å². The molecule has 0 saturated carbocycles. The molecule has 0 N–H and O–H groups in total. The van der Waals surface area contributed by atoms with Gasteiger partial charge in [-0.2, -0.15) is 0 Å². The summed E-state index contributed by atoms with van der Waals surface area (Å²) in [6, 6.07) is 3.64. The fraction of sp³-hybridized carbons (Fsp3) is 0. The van der Waals surface area contributed by atoms with Crippen LogP contribution in [-0.2, 0) is 0 Å². The zero-order valence-corrected chi connectivity index (χ0v) is 6.97. The molecule has 0 heterocycles. The van der Waals surface area contributed by atoms with Crippen molar-refractivity contribution in [3.8, 4) is 5.97 Å². The monoisotopic (exact) mass is 177 g/mol. The van der Waals surface area contributed by atoms with Gasteiger partial charge >= 0.3 is 25.6 Å². The number of hydrogen-bond donors (Lipinski definition) is 0. The van der Waals surface area contributed by atoms with Gasteiger partial charge in [0.05, 0.1) is 0 Å². The standard InChI is InChI=1S/C7H4BF3N.Li/c9-7-3-1-6(2-4-7)8(10,11)5-12;/h1-4H;/q-1;+1. The van der Waals surface area contributed by atoms with Gasteiger partial charge in [-0.05, 0) is 12.1 Å². The van der Waals surface area contributed by atoms with Crippen LogP contribution in [0.1, 0.15) is 0 Å². The van der Waals surface area contributed by atoms with Gasteiger partial charge in [-0.3, -0.25) is 0 Å². The molecule has 13 heavy (non-hydrogen) atoms. The molecule has 0 atom stereocenters. The molecule has 0 bridgehead atoms. The molecule has 6 heteroatoms. The topological polar surface area (TPSA) is 23.8 Å². The van der Waals surface area contributed by atoms with Crippen LogP contribution >= 0.6 is 0 Å². The van der Waals surface area contributed by atoms with Crippen molar-refractivity contribution in [2.75, 3.05) is 0 Å². The minimum absolute atomic E-state index is 0. The summed E-state index contributed by atoms with van der Waals surface area (Å²) in [5.41, 5.74) is -0.432. The Labute approximate surface area is 85.7 Å². The molecule has 0 aliphatic heterocycles. The van der Waals surface area contributed by atoms with E-state index in [1.165, 1.54) is 0 Å². The first-order chi connectivity index (χ1) is 5.56. The van der Waals surface area contributed by atoms with Crippen LogP contribution in [0.5, 0.6) is 0 Å². The van der Waals surface area contributed by atoms with Crippen LogP contribution in [0.15, 0.2) is 24.3 Å². The van der Waals surface area contributed by atoms with E-state index in [-0.39, 0.29) is 18.9 Å². The van der Waals surface area contributed by atoms with E-state index in [0.717, 1.165) is 30.2 Å². The largest absolute Gasteiger partial charge is 1.00 e. The van der Waals surface area contributed by atoms with Gasteiger partial charge in [-0.1, -0.05) is 18.1 Å². The van der Waals surface area contributed by atoms with E-state index >= 15 is 0 Å². The van der Waals surface area contributed by atoms with Crippen molar-refractivity contribution in [1.29, 1.82) is 5.26 Å². The van der Waals surface area contributed by atoms with Gasteiger partial charge in [0.15, 0.2) is 0 Å². The Kier molecular flexibility index (Phi) is 4.13. The molecule has 0 aromatic heterocycles. The van der Waals surface area contributed by atoms with Crippen LogP contribution in [0.2, 0.25) is 0 Å². The Morgan fingerprint density at radius 2 is 1.62 bits per heavy atom. The molecule has 1 nitrogen and oxygen atoms in total. The van der Waals surface area contributed by atoms with Crippen LogP contribution in [0.3, 0.4) is 0 Å². The molecular formula is C7H4BF3LiN. The quantitative estimate of drug-likeness (QED) is 0.478. The van der Waals surface area contributed by atoms with Crippen LogP contribution in [0, 0.1) is 17.0 Å². The van der Waals surface area contributed by atoms with Crippen molar-refractivity contribution in [3.63, 3.8) is 0 Å². The fourth-order valence-electron chi connectivity index (χ4n) is 0.779. The van der Waals surface area contributed by atoms with Crippen molar-refractivity contribution in [1.82, 2.24) is 0 Å². The van der Waals surface area contributed by atoms with E-state index in [9.17, 15) is 13.0 Å². The first-order valence-electron chi connectivity index (χ1n) is 3.25. The molecule has 0 unspecified atom stereocenters. The molecule has 0 aliphatic carbocycles. The molecular weight excluding hydrogens is 173 g/mol. The summed E-state index contributed by atoms with van der Waals surface area (Å²) in [5.74, 6) is 0.290. The Balaban J connectivity index is 0.00000144. The number of halogens is 3. The molecule has 0 saturated heterocycles. The first kappa shape index (κ1) is 12.2. The maximum atomic E-state index is 12.6. The van der Waals surface area contributed by atoms with Crippen molar-refractivity contribution in [2.45, 2.75) is 0 Å². The van der Waals surface area contributed by atoms with Gasteiger partial charge < -0.3 is 8.63 Å². The second-order valence-electron chi connectivity index (χ2n) is 2.34. The second-order valence-corrected chi connectivity index (χ2v) is 2.34. The molecule has 1 rings (SSSR count). The summed E-state index contributed by atoms with van der Waals surface area (Å²) in [4.78, 5) is 0. The number of benzene rings is 1. The average molecular weight is 177 g/mol. The fourth-order valence-corrected chi connectivity index (χ4v) is 0.779. The summed E-state index contributed by atoms with van der Waals surface area (Å²) in [6.07, 6.45) is 0. The third-order valence-electron chi connectivity index (χ3n) is 1.45. The number of nitriles is 1. The summed E-state index contributed by atoms with van der Waals surface area (Å²) in [5, 5.41) is 8.05. The summed E-state index contributed by atoms with van der Waals surface area (Å²) in [7, 11) is 0. The minimum Gasteiger partial charge on any atom is -0.461 e.